The molecule has 0 atom stereocenters. The smallest absolute Gasteiger partial charge is 0.159 e. The van der Waals surface area contributed by atoms with Gasteiger partial charge in [-0.3, -0.25) is 4.79 Å². The second-order valence-electron chi connectivity index (χ2n) is 6.28. The van der Waals surface area contributed by atoms with Crippen molar-refractivity contribution in [2.45, 2.75) is 20.8 Å². The second-order valence-corrected chi connectivity index (χ2v) is 6.28. The number of nitrogens with one attached hydrogen (secondary N) is 2. The van der Waals surface area contributed by atoms with Gasteiger partial charge in [0.25, 0.3) is 0 Å². The average Bonchev–Trinajstić information content (AvgIpc) is 2.61. The van der Waals surface area contributed by atoms with Crippen LogP contribution >= 0.6 is 0 Å². The molecule has 3 aromatic rings. The zero-order valence-electron chi connectivity index (χ0n) is 15.8. The first-order chi connectivity index (χ1) is 12.9. The highest BCUT2D eigenvalue weighted by molar-refractivity contribution is 5.95. The van der Waals surface area contributed by atoms with E-state index in [1.807, 2.05) is 50.2 Å². The fourth-order valence-corrected chi connectivity index (χ4v) is 2.72. The number of aromatic nitrogens is 2. The number of nitrogens with zero attached hydrogens (tertiary/aromatic N) is 2. The van der Waals surface area contributed by atoms with Crippen LogP contribution in [0.5, 0.6) is 5.75 Å². The van der Waals surface area contributed by atoms with E-state index in [-0.39, 0.29) is 5.78 Å². The minimum atomic E-state index is 0.0198. The fraction of sp³-hybridized carbons (Fsp3) is 0.190. The Balaban J connectivity index is 1.88. The molecule has 0 radical (unpaired) electrons. The molecule has 0 spiro atoms. The van der Waals surface area contributed by atoms with Crippen molar-refractivity contribution in [2.24, 2.45) is 0 Å². The Morgan fingerprint density at radius 3 is 2.41 bits per heavy atom. The van der Waals surface area contributed by atoms with Crippen LogP contribution in [0, 0.1) is 13.8 Å². The lowest BCUT2D eigenvalue weighted by Crippen LogP contribution is -2.03. The highest BCUT2D eigenvalue weighted by Gasteiger charge is 2.08. The predicted molar refractivity (Wildman–Crippen MR) is 108 cm³/mol. The quantitative estimate of drug-likeness (QED) is 0.614. The lowest BCUT2D eigenvalue weighted by atomic mass is 10.1. The summed E-state index contributed by atoms with van der Waals surface area (Å²) in [7, 11) is 1.63. The van der Waals surface area contributed by atoms with Gasteiger partial charge in [-0.2, -0.15) is 0 Å². The molecule has 0 saturated heterocycles. The van der Waals surface area contributed by atoms with Gasteiger partial charge in [0.05, 0.1) is 12.8 Å². The van der Waals surface area contributed by atoms with Crippen molar-refractivity contribution in [2.75, 3.05) is 17.7 Å². The van der Waals surface area contributed by atoms with Crippen molar-refractivity contribution in [3.8, 4) is 5.75 Å². The van der Waals surface area contributed by atoms with Gasteiger partial charge in [-0.15, -0.1) is 0 Å². The van der Waals surface area contributed by atoms with Crippen molar-refractivity contribution < 1.29 is 9.53 Å². The number of ether oxygens (including phenoxy) is 1. The summed E-state index contributed by atoms with van der Waals surface area (Å²) in [5.74, 6) is 2.66. The van der Waals surface area contributed by atoms with E-state index < -0.39 is 0 Å². The number of benzene rings is 2. The van der Waals surface area contributed by atoms with Gasteiger partial charge in [0.2, 0.25) is 0 Å². The van der Waals surface area contributed by atoms with Crippen molar-refractivity contribution in [3.63, 3.8) is 0 Å². The van der Waals surface area contributed by atoms with Crippen molar-refractivity contribution in [3.05, 3.63) is 65.5 Å². The molecule has 138 valence electrons. The van der Waals surface area contributed by atoms with E-state index in [9.17, 15) is 4.79 Å². The Bertz CT molecular complexity index is 986. The SMILES string of the molecule is COc1ccc(C)cc1Nc1cc(Nc2cccc(C(C)=O)c2)nc(C)n1. The third-order valence-corrected chi connectivity index (χ3v) is 4.00. The first-order valence-corrected chi connectivity index (χ1v) is 8.60. The normalized spacial score (nSPS) is 10.4. The minimum Gasteiger partial charge on any atom is -0.495 e. The third-order valence-electron chi connectivity index (χ3n) is 4.00. The maximum Gasteiger partial charge on any atom is 0.159 e. The van der Waals surface area contributed by atoms with Crippen LogP contribution in [-0.4, -0.2) is 22.9 Å². The lowest BCUT2D eigenvalue weighted by Gasteiger charge is -2.13. The standard InChI is InChI=1S/C21H22N4O2/c1-13-8-9-19(27-4)18(10-13)25-21-12-20(22-15(3)23-21)24-17-7-5-6-16(11-17)14(2)26/h5-12H,1-4H3,(H2,22,23,24,25). The molecule has 0 unspecified atom stereocenters. The zero-order valence-corrected chi connectivity index (χ0v) is 15.8. The highest BCUT2D eigenvalue weighted by atomic mass is 16.5. The number of carbonyl (C=O) groups excluding carboxylic acids is 1. The van der Waals surface area contributed by atoms with Crippen molar-refractivity contribution in [1.29, 1.82) is 0 Å². The summed E-state index contributed by atoms with van der Waals surface area (Å²) < 4.78 is 5.41. The van der Waals surface area contributed by atoms with Crippen molar-refractivity contribution in [1.82, 2.24) is 9.97 Å². The largest absolute Gasteiger partial charge is 0.495 e. The van der Waals surface area contributed by atoms with Crippen LogP contribution < -0.4 is 15.4 Å². The van der Waals surface area contributed by atoms with Crippen LogP contribution in [0.25, 0.3) is 0 Å². The molecule has 1 heterocycles. The summed E-state index contributed by atoms with van der Waals surface area (Å²) in [4.78, 5) is 20.5. The molecule has 27 heavy (non-hydrogen) atoms. The highest BCUT2D eigenvalue weighted by Crippen LogP contribution is 2.29. The van der Waals surface area contributed by atoms with Gasteiger partial charge in [-0.25, -0.2) is 9.97 Å². The van der Waals surface area contributed by atoms with E-state index in [0.29, 0.717) is 23.0 Å². The van der Waals surface area contributed by atoms with Crippen LogP contribution in [0.2, 0.25) is 0 Å². The molecule has 3 rings (SSSR count). The predicted octanol–water partition coefficient (Wildman–Crippen LogP) is 4.79. The number of hydrogen-bond acceptors (Lipinski definition) is 6. The maximum atomic E-state index is 11.6. The molecule has 0 amide bonds. The van der Waals surface area contributed by atoms with E-state index >= 15 is 0 Å². The number of Topliss-reactive ketones (excluding diaryl/α,β-unsaturated/α-hetero) is 1. The van der Waals surface area contributed by atoms with E-state index in [1.54, 1.807) is 26.2 Å². The van der Waals surface area contributed by atoms with Gasteiger partial charge >= 0.3 is 0 Å². The summed E-state index contributed by atoms with van der Waals surface area (Å²) in [5, 5.41) is 6.52. The van der Waals surface area contributed by atoms with Crippen LogP contribution in [0.3, 0.4) is 0 Å². The summed E-state index contributed by atoms with van der Waals surface area (Å²) in [6.45, 7) is 5.39. The Labute approximate surface area is 158 Å². The Hall–Kier alpha value is -3.41. The number of rotatable bonds is 6. The average molecular weight is 362 g/mol. The summed E-state index contributed by atoms with van der Waals surface area (Å²) in [6.07, 6.45) is 0. The lowest BCUT2D eigenvalue weighted by molar-refractivity contribution is 0.101. The number of methoxy groups -OCH3 is 1. The maximum absolute atomic E-state index is 11.6. The molecule has 2 aromatic carbocycles. The number of anilines is 4. The molecular formula is C21H22N4O2. The fourth-order valence-electron chi connectivity index (χ4n) is 2.72. The molecule has 0 aliphatic heterocycles. The number of aryl methyl sites for hydroxylation is 2. The van der Waals surface area contributed by atoms with Gasteiger partial charge in [0, 0.05) is 17.3 Å². The minimum absolute atomic E-state index is 0.0198. The summed E-state index contributed by atoms with van der Waals surface area (Å²) >= 11 is 0. The van der Waals surface area contributed by atoms with Crippen LogP contribution in [0.15, 0.2) is 48.5 Å². The molecule has 0 aliphatic rings. The molecule has 1 aromatic heterocycles. The van der Waals surface area contributed by atoms with Gasteiger partial charge < -0.3 is 15.4 Å². The van der Waals surface area contributed by atoms with Gasteiger partial charge in [-0.05, 0) is 50.6 Å². The zero-order chi connectivity index (χ0) is 19.4. The molecule has 0 aliphatic carbocycles. The first-order valence-electron chi connectivity index (χ1n) is 8.60. The van der Waals surface area contributed by atoms with E-state index in [4.69, 9.17) is 4.74 Å². The monoisotopic (exact) mass is 362 g/mol. The molecular weight excluding hydrogens is 340 g/mol. The first kappa shape index (κ1) is 18.4. The van der Waals surface area contributed by atoms with E-state index in [1.165, 1.54) is 0 Å². The molecule has 2 N–H and O–H groups in total. The summed E-state index contributed by atoms with van der Waals surface area (Å²) in [5.41, 5.74) is 3.39. The number of carbonyl (C=O) groups is 1. The van der Waals surface area contributed by atoms with Crippen molar-refractivity contribution >= 4 is 28.8 Å². The van der Waals surface area contributed by atoms with Crippen LogP contribution in [0.4, 0.5) is 23.0 Å². The Morgan fingerprint density at radius 2 is 1.70 bits per heavy atom. The number of ketones is 1. The van der Waals surface area contributed by atoms with E-state index in [2.05, 4.69) is 20.6 Å². The Morgan fingerprint density at radius 1 is 0.963 bits per heavy atom. The Kier molecular flexibility index (Phi) is 5.35. The van der Waals surface area contributed by atoms with Gasteiger partial charge in [0.15, 0.2) is 5.78 Å². The number of hydrogen-bond donors (Lipinski definition) is 2. The van der Waals surface area contributed by atoms with E-state index in [0.717, 1.165) is 22.7 Å². The summed E-state index contributed by atoms with van der Waals surface area (Å²) in [6, 6.07) is 15.0. The molecule has 0 bridgehead atoms. The molecule has 6 nitrogen and oxygen atoms in total. The van der Waals surface area contributed by atoms with Gasteiger partial charge in [0.1, 0.15) is 23.2 Å². The molecule has 0 fully saturated rings. The van der Waals surface area contributed by atoms with Gasteiger partial charge in [-0.1, -0.05) is 18.2 Å². The second kappa shape index (κ2) is 7.86. The topological polar surface area (TPSA) is 76.1 Å². The molecule has 0 saturated carbocycles. The van der Waals surface area contributed by atoms with Crippen LogP contribution in [0.1, 0.15) is 28.7 Å². The van der Waals surface area contributed by atoms with Crippen LogP contribution in [-0.2, 0) is 0 Å². The molecule has 6 heteroatoms. The third kappa shape index (κ3) is 4.61.